The van der Waals surface area contributed by atoms with Crippen LogP contribution in [0, 0.1) is 17.0 Å². The van der Waals surface area contributed by atoms with Crippen LogP contribution < -0.4 is 0 Å². The average molecular weight is 285 g/mol. The molecule has 2 aromatic rings. The molecule has 0 aliphatic heterocycles. The van der Waals surface area contributed by atoms with Crippen LogP contribution in [0.5, 0.6) is 0 Å². The number of rotatable bonds is 5. The van der Waals surface area contributed by atoms with Crippen LogP contribution >= 0.6 is 12.2 Å². The van der Waals surface area contributed by atoms with Crippen molar-refractivity contribution < 1.29 is 4.92 Å². The van der Waals surface area contributed by atoms with Gasteiger partial charge in [0.05, 0.1) is 4.92 Å². The highest BCUT2D eigenvalue weighted by atomic mass is 32.1. The van der Waals surface area contributed by atoms with Crippen molar-refractivity contribution in [1.82, 2.24) is 0 Å². The Morgan fingerprint density at radius 3 is 2.60 bits per heavy atom. The topological polar surface area (TPSA) is 43.1 Å². The van der Waals surface area contributed by atoms with E-state index in [1.54, 1.807) is 12.1 Å². The number of aryl methyl sites for hydroxylation is 1. The number of hydrogen-bond acceptors (Lipinski definition) is 3. The number of hydrogen-bond donors (Lipinski definition) is 0. The SMILES string of the molecule is Cc1ccccc1CC(=S)Cc1cccc([N+](=O)[O-])c1. The van der Waals surface area contributed by atoms with Gasteiger partial charge in [-0.3, -0.25) is 10.1 Å². The lowest BCUT2D eigenvalue weighted by molar-refractivity contribution is -0.384. The van der Waals surface area contributed by atoms with Crippen LogP contribution in [0.4, 0.5) is 5.69 Å². The second kappa shape index (κ2) is 6.39. The molecule has 2 aromatic carbocycles. The van der Waals surface area contributed by atoms with Gasteiger partial charge in [0.1, 0.15) is 0 Å². The molecule has 0 radical (unpaired) electrons. The summed E-state index contributed by atoms with van der Waals surface area (Å²) in [5.41, 5.74) is 3.43. The van der Waals surface area contributed by atoms with Crippen LogP contribution in [0.3, 0.4) is 0 Å². The number of nitrogens with zero attached hydrogens (tertiary/aromatic N) is 1. The van der Waals surface area contributed by atoms with E-state index >= 15 is 0 Å². The van der Waals surface area contributed by atoms with E-state index in [0.29, 0.717) is 6.42 Å². The summed E-state index contributed by atoms with van der Waals surface area (Å²) in [6, 6.07) is 14.8. The van der Waals surface area contributed by atoms with E-state index in [-0.39, 0.29) is 10.6 Å². The van der Waals surface area contributed by atoms with Gasteiger partial charge >= 0.3 is 0 Å². The molecule has 20 heavy (non-hydrogen) atoms. The summed E-state index contributed by atoms with van der Waals surface area (Å²) in [6.45, 7) is 2.06. The number of nitro benzene ring substituents is 1. The largest absolute Gasteiger partial charge is 0.269 e. The van der Waals surface area contributed by atoms with Crippen molar-refractivity contribution in [2.75, 3.05) is 0 Å². The fraction of sp³-hybridized carbons (Fsp3) is 0.188. The van der Waals surface area contributed by atoms with E-state index in [1.165, 1.54) is 17.2 Å². The lowest BCUT2D eigenvalue weighted by Gasteiger charge is -2.07. The second-order valence-corrected chi connectivity index (χ2v) is 5.32. The fourth-order valence-corrected chi connectivity index (χ4v) is 2.41. The zero-order chi connectivity index (χ0) is 14.5. The van der Waals surface area contributed by atoms with Crippen molar-refractivity contribution in [2.24, 2.45) is 0 Å². The number of non-ortho nitro benzene ring substituents is 1. The maximum atomic E-state index is 10.7. The van der Waals surface area contributed by atoms with Crippen LogP contribution in [0.25, 0.3) is 0 Å². The van der Waals surface area contributed by atoms with Gasteiger partial charge in [0.15, 0.2) is 0 Å². The molecule has 0 atom stereocenters. The van der Waals surface area contributed by atoms with Crippen LogP contribution in [0.2, 0.25) is 0 Å². The molecule has 0 N–H and O–H groups in total. The van der Waals surface area contributed by atoms with E-state index in [4.69, 9.17) is 12.2 Å². The van der Waals surface area contributed by atoms with E-state index < -0.39 is 0 Å². The Kier molecular flexibility index (Phi) is 4.58. The predicted molar refractivity (Wildman–Crippen MR) is 84.3 cm³/mol. The van der Waals surface area contributed by atoms with Crippen LogP contribution in [0.15, 0.2) is 48.5 Å². The second-order valence-electron chi connectivity index (χ2n) is 4.75. The first kappa shape index (κ1) is 14.3. The van der Waals surface area contributed by atoms with Crippen molar-refractivity contribution in [3.63, 3.8) is 0 Å². The molecule has 0 bridgehead atoms. The standard InChI is InChI=1S/C16H15NO2S/c1-12-5-2-3-7-14(12)11-16(20)10-13-6-4-8-15(9-13)17(18)19/h2-9H,10-11H2,1H3. The summed E-state index contributed by atoms with van der Waals surface area (Å²) in [5.74, 6) is 0. The molecule has 0 aliphatic carbocycles. The molecular weight excluding hydrogens is 270 g/mol. The molecule has 0 aromatic heterocycles. The summed E-state index contributed by atoms with van der Waals surface area (Å²) in [6.07, 6.45) is 1.32. The molecule has 102 valence electrons. The van der Waals surface area contributed by atoms with Gasteiger partial charge in [-0.05, 0) is 23.6 Å². The molecule has 3 nitrogen and oxygen atoms in total. The Morgan fingerprint density at radius 1 is 1.15 bits per heavy atom. The minimum Gasteiger partial charge on any atom is -0.258 e. The van der Waals surface area contributed by atoms with Gasteiger partial charge in [-0.1, -0.05) is 48.6 Å². The molecule has 0 amide bonds. The van der Waals surface area contributed by atoms with E-state index in [9.17, 15) is 10.1 Å². The zero-order valence-corrected chi connectivity index (χ0v) is 12.0. The van der Waals surface area contributed by atoms with E-state index in [2.05, 4.69) is 19.1 Å². The monoisotopic (exact) mass is 285 g/mol. The molecular formula is C16H15NO2S. The molecule has 0 unspecified atom stereocenters. The van der Waals surface area contributed by atoms with E-state index in [0.717, 1.165) is 16.8 Å². The minimum absolute atomic E-state index is 0.112. The van der Waals surface area contributed by atoms with Crippen LogP contribution in [-0.2, 0) is 12.8 Å². The number of thiocarbonyl (C=S) groups is 1. The molecule has 0 saturated carbocycles. The third-order valence-electron chi connectivity index (χ3n) is 3.17. The number of nitro groups is 1. The number of benzene rings is 2. The van der Waals surface area contributed by atoms with Gasteiger partial charge in [0.2, 0.25) is 0 Å². The quantitative estimate of drug-likeness (QED) is 0.472. The Hall–Kier alpha value is -2.07. The summed E-state index contributed by atoms with van der Waals surface area (Å²) in [5, 5.41) is 10.7. The minimum atomic E-state index is -0.381. The Labute approximate surface area is 123 Å². The maximum Gasteiger partial charge on any atom is 0.269 e. The van der Waals surface area contributed by atoms with Crippen LogP contribution in [0.1, 0.15) is 16.7 Å². The first-order chi connectivity index (χ1) is 9.56. The van der Waals surface area contributed by atoms with Crippen molar-refractivity contribution >= 4 is 22.8 Å². The molecule has 0 heterocycles. The summed E-state index contributed by atoms with van der Waals surface area (Å²) in [4.78, 5) is 11.3. The van der Waals surface area contributed by atoms with Gasteiger partial charge in [-0.15, -0.1) is 0 Å². The highest BCUT2D eigenvalue weighted by molar-refractivity contribution is 7.80. The Bertz CT molecular complexity index is 652. The molecule has 0 fully saturated rings. The first-order valence-electron chi connectivity index (χ1n) is 6.36. The first-order valence-corrected chi connectivity index (χ1v) is 6.76. The Balaban J connectivity index is 2.07. The zero-order valence-electron chi connectivity index (χ0n) is 11.2. The van der Waals surface area contributed by atoms with Gasteiger partial charge in [0, 0.05) is 29.8 Å². The van der Waals surface area contributed by atoms with Gasteiger partial charge < -0.3 is 0 Å². The van der Waals surface area contributed by atoms with E-state index in [1.807, 2.05) is 18.2 Å². The van der Waals surface area contributed by atoms with Crippen molar-refractivity contribution in [2.45, 2.75) is 19.8 Å². The van der Waals surface area contributed by atoms with Crippen molar-refractivity contribution in [1.29, 1.82) is 0 Å². The summed E-state index contributed by atoms with van der Waals surface area (Å²) in [7, 11) is 0. The molecule has 0 spiro atoms. The third-order valence-corrected chi connectivity index (χ3v) is 3.46. The highest BCUT2D eigenvalue weighted by Gasteiger charge is 2.08. The van der Waals surface area contributed by atoms with Crippen molar-refractivity contribution in [3.05, 3.63) is 75.3 Å². The highest BCUT2D eigenvalue weighted by Crippen LogP contribution is 2.16. The maximum absolute atomic E-state index is 10.7. The lowest BCUT2D eigenvalue weighted by Crippen LogP contribution is -2.05. The molecule has 4 heteroatoms. The van der Waals surface area contributed by atoms with Crippen LogP contribution in [-0.4, -0.2) is 9.79 Å². The predicted octanol–water partition coefficient (Wildman–Crippen LogP) is 4.06. The lowest BCUT2D eigenvalue weighted by atomic mass is 10.0. The molecule has 2 rings (SSSR count). The Morgan fingerprint density at radius 2 is 1.90 bits per heavy atom. The summed E-state index contributed by atoms with van der Waals surface area (Å²) >= 11 is 5.42. The van der Waals surface area contributed by atoms with Crippen molar-refractivity contribution in [3.8, 4) is 0 Å². The van der Waals surface area contributed by atoms with Gasteiger partial charge in [-0.25, -0.2) is 0 Å². The van der Waals surface area contributed by atoms with Gasteiger partial charge in [0.25, 0.3) is 5.69 Å². The average Bonchev–Trinajstić information content (AvgIpc) is 2.41. The normalized spacial score (nSPS) is 10.2. The third kappa shape index (κ3) is 3.71. The smallest absolute Gasteiger partial charge is 0.258 e. The summed E-state index contributed by atoms with van der Waals surface area (Å²) < 4.78 is 0. The molecule has 0 aliphatic rings. The van der Waals surface area contributed by atoms with Gasteiger partial charge in [-0.2, -0.15) is 0 Å². The molecule has 0 saturated heterocycles. The fourth-order valence-electron chi connectivity index (χ4n) is 2.09.